The number of methoxy groups -OCH3 is 3. The summed E-state index contributed by atoms with van der Waals surface area (Å²) >= 11 is 0. The van der Waals surface area contributed by atoms with Gasteiger partial charge in [0.1, 0.15) is 18.1 Å². The number of hydrogen-bond donors (Lipinski definition) is 0. The number of carbonyl (C=O) groups excluding carboxylic acids is 1. The van der Waals surface area contributed by atoms with E-state index in [1.165, 1.54) is 6.92 Å². The van der Waals surface area contributed by atoms with Crippen molar-refractivity contribution in [3.8, 4) is 11.5 Å². The molecule has 0 amide bonds. The Morgan fingerprint density at radius 3 is 2.22 bits per heavy atom. The summed E-state index contributed by atoms with van der Waals surface area (Å²) in [5.74, 6) is 1.04. The van der Waals surface area contributed by atoms with Gasteiger partial charge in [0.2, 0.25) is 0 Å². The molecule has 0 spiro atoms. The number of benzene rings is 1. The van der Waals surface area contributed by atoms with E-state index in [9.17, 15) is 4.79 Å². The molecule has 0 aliphatic rings. The second-order valence-electron chi connectivity index (χ2n) is 5.44. The molecular weight excluding hydrogens is 296 g/mol. The minimum Gasteiger partial charge on any atom is -0.496 e. The summed E-state index contributed by atoms with van der Waals surface area (Å²) in [6, 6.07) is 1.79. The minimum atomic E-state index is -0.0927. The first kappa shape index (κ1) is 19.2. The fourth-order valence-corrected chi connectivity index (χ4v) is 2.32. The van der Waals surface area contributed by atoms with E-state index in [0.29, 0.717) is 35.8 Å². The van der Waals surface area contributed by atoms with Crippen LogP contribution in [0.4, 0.5) is 0 Å². The topological polar surface area (TPSA) is 54.0 Å². The molecule has 0 atom stereocenters. The molecular formula is C18H26O5. The zero-order valence-electron chi connectivity index (χ0n) is 14.8. The summed E-state index contributed by atoms with van der Waals surface area (Å²) in [4.78, 5) is 12.1. The molecule has 0 aromatic heterocycles. The molecule has 1 aromatic carbocycles. The molecule has 0 bridgehead atoms. The molecule has 0 N–H and O–H groups in total. The molecule has 0 saturated heterocycles. The van der Waals surface area contributed by atoms with Gasteiger partial charge in [-0.15, -0.1) is 0 Å². The maximum absolute atomic E-state index is 12.1. The van der Waals surface area contributed by atoms with Crippen molar-refractivity contribution in [1.82, 2.24) is 0 Å². The molecule has 0 aliphatic heterocycles. The van der Waals surface area contributed by atoms with Gasteiger partial charge in [-0.1, -0.05) is 5.57 Å². The predicted octanol–water partition coefficient (Wildman–Crippen LogP) is 3.54. The van der Waals surface area contributed by atoms with Crippen LogP contribution in [0.15, 0.2) is 17.7 Å². The third kappa shape index (κ3) is 5.08. The first-order valence-corrected chi connectivity index (χ1v) is 7.43. The summed E-state index contributed by atoms with van der Waals surface area (Å²) in [6.07, 6.45) is 1.98. The van der Waals surface area contributed by atoms with Crippen molar-refractivity contribution in [1.29, 1.82) is 0 Å². The van der Waals surface area contributed by atoms with E-state index in [2.05, 4.69) is 0 Å². The van der Waals surface area contributed by atoms with Gasteiger partial charge in [-0.3, -0.25) is 4.79 Å². The van der Waals surface area contributed by atoms with Crippen LogP contribution >= 0.6 is 0 Å². The van der Waals surface area contributed by atoms with Gasteiger partial charge in [-0.05, 0) is 32.9 Å². The van der Waals surface area contributed by atoms with Gasteiger partial charge in [0.25, 0.3) is 0 Å². The largest absolute Gasteiger partial charge is 0.496 e. The van der Waals surface area contributed by atoms with Crippen molar-refractivity contribution in [3.63, 3.8) is 0 Å². The molecule has 0 saturated carbocycles. The molecule has 5 heteroatoms. The number of hydrogen-bond acceptors (Lipinski definition) is 5. The average molecular weight is 322 g/mol. The van der Waals surface area contributed by atoms with Gasteiger partial charge in [0.05, 0.1) is 25.9 Å². The lowest BCUT2D eigenvalue weighted by Gasteiger charge is -2.20. The molecule has 0 heterocycles. The fourth-order valence-electron chi connectivity index (χ4n) is 2.32. The maximum Gasteiger partial charge on any atom is 0.164 e. The highest BCUT2D eigenvalue weighted by Gasteiger charge is 2.22. The van der Waals surface area contributed by atoms with Crippen LogP contribution in [0.25, 0.3) is 0 Å². The lowest BCUT2D eigenvalue weighted by molar-refractivity contribution is 0.100. The highest BCUT2D eigenvalue weighted by molar-refractivity contribution is 5.99. The van der Waals surface area contributed by atoms with Crippen LogP contribution in [0.2, 0.25) is 0 Å². The van der Waals surface area contributed by atoms with Crippen molar-refractivity contribution >= 4 is 5.78 Å². The van der Waals surface area contributed by atoms with Crippen molar-refractivity contribution in [2.75, 3.05) is 27.9 Å². The van der Waals surface area contributed by atoms with Gasteiger partial charge in [-0.2, -0.15) is 0 Å². The third-order valence-electron chi connectivity index (χ3n) is 3.30. The Balaban J connectivity index is 3.48. The molecule has 23 heavy (non-hydrogen) atoms. The van der Waals surface area contributed by atoms with Crippen LogP contribution in [0, 0.1) is 0 Å². The molecule has 1 rings (SSSR count). The number of carbonyl (C=O) groups is 1. The Labute approximate surface area is 138 Å². The van der Waals surface area contributed by atoms with E-state index in [0.717, 1.165) is 11.1 Å². The third-order valence-corrected chi connectivity index (χ3v) is 3.30. The molecule has 1 aromatic rings. The smallest absolute Gasteiger partial charge is 0.164 e. The number of Topliss-reactive ketones (excluding diaryl/α,β-unsaturated/α-hetero) is 1. The second kappa shape index (κ2) is 9.33. The normalized spacial score (nSPS) is 10.3. The van der Waals surface area contributed by atoms with Crippen LogP contribution in [-0.2, 0) is 22.7 Å². The van der Waals surface area contributed by atoms with Crippen molar-refractivity contribution in [2.24, 2.45) is 0 Å². The van der Waals surface area contributed by atoms with Crippen LogP contribution in [0.5, 0.6) is 11.5 Å². The Hall–Kier alpha value is -1.85. The molecule has 128 valence electrons. The average Bonchev–Trinajstić information content (AvgIpc) is 2.48. The first-order valence-electron chi connectivity index (χ1n) is 7.43. The van der Waals surface area contributed by atoms with E-state index < -0.39 is 0 Å². The fraction of sp³-hybridized carbons (Fsp3) is 0.500. The highest BCUT2D eigenvalue weighted by atomic mass is 16.5. The maximum atomic E-state index is 12.1. The summed E-state index contributed by atoms with van der Waals surface area (Å²) in [7, 11) is 4.74. The Bertz CT molecular complexity index is 571. The zero-order valence-corrected chi connectivity index (χ0v) is 14.8. The van der Waals surface area contributed by atoms with Gasteiger partial charge in [0, 0.05) is 25.3 Å². The number of ether oxygens (including phenoxy) is 4. The summed E-state index contributed by atoms with van der Waals surface area (Å²) < 4.78 is 21.8. The lowest BCUT2D eigenvalue weighted by atomic mass is 9.98. The Kier molecular flexibility index (Phi) is 7.78. The van der Waals surface area contributed by atoms with Crippen LogP contribution in [-0.4, -0.2) is 33.7 Å². The lowest BCUT2D eigenvalue weighted by Crippen LogP contribution is -2.11. The summed E-state index contributed by atoms with van der Waals surface area (Å²) in [5, 5.41) is 0. The standard InChI is InChI=1S/C18H26O5/c1-12(2)7-8-23-18-14(10-20-4)9-16(22-6)17(13(3)19)15(18)11-21-5/h7,9H,8,10-11H2,1-6H3. The highest BCUT2D eigenvalue weighted by Crippen LogP contribution is 2.36. The van der Waals surface area contributed by atoms with Crippen LogP contribution < -0.4 is 9.47 Å². The van der Waals surface area contributed by atoms with E-state index in [1.54, 1.807) is 27.4 Å². The molecule has 0 aliphatic carbocycles. The number of allylic oxidation sites excluding steroid dienone is 1. The summed E-state index contributed by atoms with van der Waals surface area (Å²) in [5.41, 5.74) is 3.16. The zero-order chi connectivity index (χ0) is 17.4. The first-order chi connectivity index (χ1) is 11.0. The SMILES string of the molecule is COCc1cc(OC)c(C(C)=O)c(COC)c1OCC=C(C)C. The predicted molar refractivity (Wildman–Crippen MR) is 89.4 cm³/mol. The molecule has 0 unspecified atom stereocenters. The van der Waals surface area contributed by atoms with Crippen molar-refractivity contribution < 1.29 is 23.7 Å². The number of ketones is 1. The van der Waals surface area contributed by atoms with Crippen molar-refractivity contribution in [3.05, 3.63) is 34.4 Å². The minimum absolute atomic E-state index is 0.0927. The molecule has 5 nitrogen and oxygen atoms in total. The van der Waals surface area contributed by atoms with E-state index >= 15 is 0 Å². The van der Waals surface area contributed by atoms with Gasteiger partial charge in [0.15, 0.2) is 5.78 Å². The Morgan fingerprint density at radius 1 is 1.09 bits per heavy atom. The van der Waals surface area contributed by atoms with Crippen LogP contribution in [0.3, 0.4) is 0 Å². The van der Waals surface area contributed by atoms with E-state index in [1.807, 2.05) is 19.9 Å². The Morgan fingerprint density at radius 2 is 1.74 bits per heavy atom. The summed E-state index contributed by atoms with van der Waals surface area (Å²) in [6.45, 7) is 6.55. The van der Waals surface area contributed by atoms with E-state index in [4.69, 9.17) is 18.9 Å². The molecule has 0 fully saturated rings. The molecule has 0 radical (unpaired) electrons. The number of rotatable bonds is 9. The quantitative estimate of drug-likeness (QED) is 0.514. The van der Waals surface area contributed by atoms with Gasteiger partial charge >= 0.3 is 0 Å². The van der Waals surface area contributed by atoms with Crippen molar-refractivity contribution in [2.45, 2.75) is 34.0 Å². The van der Waals surface area contributed by atoms with Gasteiger partial charge in [-0.25, -0.2) is 0 Å². The second-order valence-corrected chi connectivity index (χ2v) is 5.44. The monoisotopic (exact) mass is 322 g/mol. The van der Waals surface area contributed by atoms with Crippen LogP contribution in [0.1, 0.15) is 42.3 Å². The van der Waals surface area contributed by atoms with Gasteiger partial charge < -0.3 is 18.9 Å². The van der Waals surface area contributed by atoms with E-state index in [-0.39, 0.29) is 12.4 Å².